The van der Waals surface area contributed by atoms with Crippen LogP contribution in [0, 0.1) is 6.92 Å². The molecule has 3 heterocycles. The van der Waals surface area contributed by atoms with E-state index in [0.717, 1.165) is 22.3 Å². The van der Waals surface area contributed by atoms with Crippen molar-refractivity contribution in [3.63, 3.8) is 0 Å². The van der Waals surface area contributed by atoms with Gasteiger partial charge in [0.2, 0.25) is 5.91 Å². The van der Waals surface area contributed by atoms with E-state index in [1.165, 1.54) is 40.0 Å². The van der Waals surface area contributed by atoms with Gasteiger partial charge in [-0.1, -0.05) is 105 Å². The highest BCUT2D eigenvalue weighted by Gasteiger charge is 2.24. The number of aromatic nitrogens is 2. The molecule has 48 heavy (non-hydrogen) atoms. The third kappa shape index (κ3) is 6.87. The van der Waals surface area contributed by atoms with Gasteiger partial charge < -0.3 is 10.1 Å². The van der Waals surface area contributed by atoms with E-state index in [4.69, 9.17) is 9.72 Å². The largest absolute Gasteiger partial charge is 0.462 e. The van der Waals surface area contributed by atoms with Crippen LogP contribution >= 0.6 is 34.4 Å². The number of nitrogens with zero attached hydrogens (tertiary/aromatic N) is 2. The highest BCUT2D eigenvalue weighted by atomic mass is 32.2. The number of esters is 1. The second-order valence-corrected chi connectivity index (χ2v) is 15.0. The molecule has 0 bridgehead atoms. The summed E-state index contributed by atoms with van der Waals surface area (Å²) in [6.07, 6.45) is 0. The van der Waals surface area contributed by atoms with Gasteiger partial charge >= 0.3 is 5.97 Å². The molecule has 10 heteroatoms. The quantitative estimate of drug-likeness (QED) is 0.0922. The molecule has 0 saturated carbocycles. The number of carbonyl (C=O) groups is 2. The van der Waals surface area contributed by atoms with E-state index in [9.17, 15) is 14.4 Å². The van der Waals surface area contributed by atoms with Crippen molar-refractivity contribution >= 4 is 61.5 Å². The molecule has 1 amide bonds. The number of nitrogens with one attached hydrogen (secondary N) is 1. The first-order valence-electron chi connectivity index (χ1n) is 15.5. The van der Waals surface area contributed by atoms with Gasteiger partial charge in [0.15, 0.2) is 5.16 Å². The zero-order valence-electron chi connectivity index (χ0n) is 27.3. The van der Waals surface area contributed by atoms with Crippen molar-refractivity contribution in [2.45, 2.75) is 45.2 Å². The van der Waals surface area contributed by atoms with Crippen LogP contribution in [0.3, 0.4) is 0 Å². The van der Waals surface area contributed by atoms with Crippen LogP contribution in [-0.4, -0.2) is 33.8 Å². The molecule has 0 radical (unpaired) electrons. The first-order chi connectivity index (χ1) is 23.0. The molecule has 0 spiro atoms. The van der Waals surface area contributed by atoms with Gasteiger partial charge in [-0.25, -0.2) is 9.78 Å². The number of hydrogen-bond donors (Lipinski definition) is 1. The summed E-state index contributed by atoms with van der Waals surface area (Å²) in [6.45, 7) is 10.4. The molecule has 7 nitrogen and oxygen atoms in total. The number of benzene rings is 3. The second kappa shape index (κ2) is 13.9. The lowest BCUT2D eigenvalue weighted by Gasteiger charge is -2.19. The lowest BCUT2D eigenvalue weighted by Crippen LogP contribution is -2.23. The fraction of sp³-hybridized carbons (Fsp3) is 0.211. The summed E-state index contributed by atoms with van der Waals surface area (Å²) in [7, 11) is 0. The number of hydrogen-bond acceptors (Lipinski definition) is 8. The maximum atomic E-state index is 14.2. The zero-order chi connectivity index (χ0) is 34.0. The van der Waals surface area contributed by atoms with Gasteiger partial charge in [0, 0.05) is 21.9 Å². The maximum absolute atomic E-state index is 14.2. The summed E-state index contributed by atoms with van der Waals surface area (Å²) in [6, 6.07) is 25.5. The van der Waals surface area contributed by atoms with Crippen LogP contribution in [0.2, 0.25) is 0 Å². The minimum atomic E-state index is -0.497. The van der Waals surface area contributed by atoms with E-state index in [2.05, 4.69) is 38.2 Å². The number of thioether (sulfide) groups is 1. The van der Waals surface area contributed by atoms with Gasteiger partial charge in [0.05, 0.1) is 23.4 Å². The summed E-state index contributed by atoms with van der Waals surface area (Å²) in [4.78, 5) is 46.3. The van der Waals surface area contributed by atoms with Gasteiger partial charge in [0.1, 0.15) is 15.4 Å². The summed E-state index contributed by atoms with van der Waals surface area (Å²) < 4.78 is 6.97. The van der Waals surface area contributed by atoms with E-state index in [-0.39, 0.29) is 29.2 Å². The molecular weight excluding hydrogens is 659 g/mol. The Morgan fingerprint density at radius 2 is 1.54 bits per heavy atom. The van der Waals surface area contributed by atoms with Gasteiger partial charge in [0.25, 0.3) is 5.56 Å². The third-order valence-electron chi connectivity index (χ3n) is 7.87. The van der Waals surface area contributed by atoms with Crippen LogP contribution in [-0.2, 0) is 14.9 Å². The Kier molecular flexibility index (Phi) is 9.68. The van der Waals surface area contributed by atoms with Crippen molar-refractivity contribution in [1.29, 1.82) is 0 Å². The van der Waals surface area contributed by atoms with Crippen LogP contribution < -0.4 is 10.9 Å². The Bertz CT molecular complexity index is 2160. The van der Waals surface area contributed by atoms with Gasteiger partial charge in [-0.15, -0.1) is 22.7 Å². The van der Waals surface area contributed by atoms with E-state index in [1.54, 1.807) is 11.5 Å². The van der Waals surface area contributed by atoms with E-state index >= 15 is 0 Å². The Morgan fingerprint density at radius 3 is 2.21 bits per heavy atom. The average Bonchev–Trinajstić information content (AvgIpc) is 3.69. The molecule has 0 fully saturated rings. The van der Waals surface area contributed by atoms with Crippen LogP contribution in [0.15, 0.2) is 99.6 Å². The number of rotatable bonds is 9. The van der Waals surface area contributed by atoms with Crippen molar-refractivity contribution in [3.8, 4) is 27.9 Å². The summed E-state index contributed by atoms with van der Waals surface area (Å²) in [5, 5.41) is 8.12. The number of thiophene rings is 2. The summed E-state index contributed by atoms with van der Waals surface area (Å²) in [5.74, 6) is -0.859. The lowest BCUT2D eigenvalue weighted by atomic mass is 9.86. The SMILES string of the molecule is CCOC(=O)c1c(-c2ccc(C(C)(C)C)cc2)csc1NC(=O)CSc1nc2scc(-c3ccc(C)cc3)c2c(=O)n1-c1ccccc1. The molecule has 3 aromatic heterocycles. The molecule has 1 N–H and O–H groups in total. The minimum Gasteiger partial charge on any atom is -0.462 e. The predicted molar refractivity (Wildman–Crippen MR) is 199 cm³/mol. The van der Waals surface area contributed by atoms with Crippen molar-refractivity contribution < 1.29 is 14.3 Å². The normalized spacial score (nSPS) is 11.5. The average molecular weight is 694 g/mol. The molecule has 0 aliphatic rings. The first kappa shape index (κ1) is 33.4. The Balaban J connectivity index is 1.30. The molecule has 3 aromatic carbocycles. The van der Waals surface area contributed by atoms with Crippen LogP contribution in [0.4, 0.5) is 5.00 Å². The van der Waals surface area contributed by atoms with Crippen LogP contribution in [0.25, 0.3) is 38.2 Å². The molecule has 0 aliphatic carbocycles. The lowest BCUT2D eigenvalue weighted by molar-refractivity contribution is -0.113. The van der Waals surface area contributed by atoms with Crippen molar-refractivity contribution in [2.24, 2.45) is 0 Å². The fourth-order valence-electron chi connectivity index (χ4n) is 5.33. The van der Waals surface area contributed by atoms with Crippen molar-refractivity contribution in [2.75, 3.05) is 17.7 Å². The highest BCUT2D eigenvalue weighted by Crippen LogP contribution is 2.38. The molecule has 0 unspecified atom stereocenters. The van der Waals surface area contributed by atoms with Gasteiger partial charge in [-0.2, -0.15) is 0 Å². The first-order valence-corrected chi connectivity index (χ1v) is 18.3. The second-order valence-electron chi connectivity index (χ2n) is 12.3. The monoisotopic (exact) mass is 693 g/mol. The molecule has 244 valence electrons. The highest BCUT2D eigenvalue weighted by molar-refractivity contribution is 7.99. The Labute approximate surface area is 291 Å². The molecule has 0 atom stereocenters. The van der Waals surface area contributed by atoms with E-state index < -0.39 is 5.97 Å². The van der Waals surface area contributed by atoms with Crippen molar-refractivity contribution in [1.82, 2.24) is 9.55 Å². The molecule has 6 aromatic rings. The number of para-hydroxylation sites is 1. The number of amides is 1. The van der Waals surface area contributed by atoms with Crippen molar-refractivity contribution in [3.05, 3.63) is 117 Å². The van der Waals surface area contributed by atoms with Gasteiger partial charge in [-0.3, -0.25) is 14.2 Å². The Morgan fingerprint density at radius 1 is 0.896 bits per heavy atom. The van der Waals surface area contributed by atoms with Gasteiger partial charge in [-0.05, 0) is 48.1 Å². The van der Waals surface area contributed by atoms with E-state index in [0.29, 0.717) is 37.2 Å². The summed E-state index contributed by atoms with van der Waals surface area (Å²) >= 11 is 3.86. The standard InChI is InChI=1S/C38H35N3O4S3/c1-6-45-36(44)32-29(25-16-18-26(19-17-25)38(3,4)5)21-47-34(32)39-30(42)22-48-37-40-33-31(35(43)41(37)27-10-8-7-9-11-27)28(20-46-33)24-14-12-23(2)13-15-24/h7-21H,6,22H2,1-5H3,(H,39,42). The molecular formula is C38H35N3O4S3. The number of ether oxygens (including phenoxy) is 1. The number of anilines is 1. The number of fused-ring (bicyclic) bond motifs is 1. The number of carbonyl (C=O) groups excluding carboxylic acids is 2. The maximum Gasteiger partial charge on any atom is 0.341 e. The molecule has 0 aliphatic heterocycles. The van der Waals surface area contributed by atoms with Crippen LogP contribution in [0.5, 0.6) is 0 Å². The topological polar surface area (TPSA) is 90.3 Å². The summed E-state index contributed by atoms with van der Waals surface area (Å²) in [5.41, 5.74) is 6.44. The third-order valence-corrected chi connectivity index (χ3v) is 10.6. The smallest absolute Gasteiger partial charge is 0.341 e. The zero-order valence-corrected chi connectivity index (χ0v) is 29.8. The molecule has 0 saturated heterocycles. The fourth-order valence-corrected chi connectivity index (χ4v) is 8.10. The Hall–Kier alpha value is -4.51. The molecule has 6 rings (SSSR count). The van der Waals surface area contributed by atoms with E-state index in [1.807, 2.05) is 84.4 Å². The minimum absolute atomic E-state index is 0.00820. The number of aryl methyl sites for hydroxylation is 1. The predicted octanol–water partition coefficient (Wildman–Crippen LogP) is 9.36. The van der Waals surface area contributed by atoms with Crippen LogP contribution in [0.1, 0.15) is 49.2 Å².